The highest BCUT2D eigenvalue weighted by atomic mass is 16.2. The Balaban J connectivity index is 1.74. The summed E-state index contributed by atoms with van der Waals surface area (Å²) in [5.41, 5.74) is 1.10. The molecule has 1 aliphatic rings. The lowest BCUT2D eigenvalue weighted by Crippen LogP contribution is -2.59. The lowest BCUT2D eigenvalue weighted by Gasteiger charge is -2.38. The number of amides is 1. The lowest BCUT2D eigenvalue weighted by molar-refractivity contribution is -0.133. The maximum absolute atomic E-state index is 12.6. The van der Waals surface area contributed by atoms with Crippen molar-refractivity contribution >= 4 is 16.7 Å². The van der Waals surface area contributed by atoms with Crippen LogP contribution in [0.15, 0.2) is 42.5 Å². The molecule has 0 radical (unpaired) electrons. The van der Waals surface area contributed by atoms with Gasteiger partial charge in [0.05, 0.1) is 12.5 Å². The molecule has 0 aromatic heterocycles. The van der Waals surface area contributed by atoms with Crippen LogP contribution in [0.3, 0.4) is 0 Å². The Bertz CT molecular complexity index is 634. The van der Waals surface area contributed by atoms with Crippen LogP contribution in [0.1, 0.15) is 18.9 Å². The van der Waals surface area contributed by atoms with Gasteiger partial charge in [-0.3, -0.25) is 4.79 Å². The second-order valence-corrected chi connectivity index (χ2v) is 5.76. The van der Waals surface area contributed by atoms with Gasteiger partial charge in [-0.1, -0.05) is 49.4 Å². The van der Waals surface area contributed by atoms with E-state index in [1.807, 2.05) is 17.0 Å². The Labute approximate surface area is 125 Å². The van der Waals surface area contributed by atoms with Crippen molar-refractivity contribution in [1.29, 1.82) is 0 Å². The zero-order valence-electron chi connectivity index (χ0n) is 12.5. The van der Waals surface area contributed by atoms with E-state index in [4.69, 9.17) is 0 Å². The van der Waals surface area contributed by atoms with Crippen LogP contribution in [0.2, 0.25) is 0 Å². The van der Waals surface area contributed by atoms with Crippen molar-refractivity contribution in [3.8, 4) is 0 Å². The van der Waals surface area contributed by atoms with E-state index in [0.29, 0.717) is 12.5 Å². The molecule has 1 fully saturated rings. The lowest BCUT2D eigenvalue weighted by atomic mass is 10.0. The Morgan fingerprint density at radius 3 is 2.62 bits per heavy atom. The second-order valence-electron chi connectivity index (χ2n) is 5.76. The number of nitrogens with zero attached hydrogens (tertiary/aromatic N) is 1. The summed E-state index contributed by atoms with van der Waals surface area (Å²) in [5.74, 6) is 0.249. The molecule has 0 unspecified atom stereocenters. The van der Waals surface area contributed by atoms with Crippen LogP contribution < -0.4 is 5.32 Å². The van der Waals surface area contributed by atoms with E-state index in [0.717, 1.165) is 31.6 Å². The van der Waals surface area contributed by atoms with Crippen LogP contribution in [0, 0.1) is 0 Å². The number of fused-ring (bicyclic) bond motifs is 1. The fourth-order valence-electron chi connectivity index (χ4n) is 2.87. The number of carbonyl (C=O) groups is 1. The van der Waals surface area contributed by atoms with Gasteiger partial charge in [-0.15, -0.1) is 0 Å². The Hall–Kier alpha value is -1.87. The molecule has 0 atom stereocenters. The molecule has 2 aromatic carbocycles. The molecule has 0 spiro atoms. The zero-order valence-corrected chi connectivity index (χ0v) is 12.5. The first-order valence-electron chi connectivity index (χ1n) is 7.76. The smallest absolute Gasteiger partial charge is 0.227 e. The van der Waals surface area contributed by atoms with Gasteiger partial charge in [0, 0.05) is 19.6 Å². The molecule has 0 bridgehead atoms. The topological polar surface area (TPSA) is 32.3 Å². The number of nitrogens with one attached hydrogen (secondary N) is 1. The van der Waals surface area contributed by atoms with E-state index in [1.165, 1.54) is 10.8 Å². The van der Waals surface area contributed by atoms with Crippen molar-refractivity contribution in [1.82, 2.24) is 10.2 Å². The van der Waals surface area contributed by atoms with Crippen LogP contribution in [0.25, 0.3) is 10.8 Å². The van der Waals surface area contributed by atoms with Gasteiger partial charge in [0.2, 0.25) is 5.91 Å². The fourth-order valence-corrected chi connectivity index (χ4v) is 2.87. The van der Waals surface area contributed by atoms with Gasteiger partial charge in [-0.05, 0) is 22.8 Å². The number of hydrogen-bond acceptors (Lipinski definition) is 2. The van der Waals surface area contributed by atoms with Gasteiger partial charge < -0.3 is 10.2 Å². The van der Waals surface area contributed by atoms with Crippen molar-refractivity contribution in [2.45, 2.75) is 25.8 Å². The molecule has 1 amide bonds. The van der Waals surface area contributed by atoms with Gasteiger partial charge in [0.1, 0.15) is 0 Å². The first-order chi connectivity index (χ1) is 10.3. The summed E-state index contributed by atoms with van der Waals surface area (Å²) in [6.45, 7) is 4.86. The summed E-state index contributed by atoms with van der Waals surface area (Å²) in [4.78, 5) is 14.6. The predicted molar refractivity (Wildman–Crippen MR) is 86.3 cm³/mol. The molecule has 0 saturated carbocycles. The number of benzene rings is 2. The maximum Gasteiger partial charge on any atom is 0.227 e. The fraction of sp³-hybridized carbons (Fsp3) is 0.389. The maximum atomic E-state index is 12.6. The summed E-state index contributed by atoms with van der Waals surface area (Å²) in [7, 11) is 0. The van der Waals surface area contributed by atoms with Crippen molar-refractivity contribution < 1.29 is 4.79 Å². The third kappa shape index (κ3) is 3.08. The average molecular weight is 282 g/mol. The summed E-state index contributed by atoms with van der Waals surface area (Å²) in [6.07, 6.45) is 1.52. The van der Waals surface area contributed by atoms with E-state index in [-0.39, 0.29) is 5.91 Å². The van der Waals surface area contributed by atoms with E-state index < -0.39 is 0 Å². The molecule has 21 heavy (non-hydrogen) atoms. The molecule has 1 N–H and O–H groups in total. The Morgan fingerprint density at radius 2 is 1.95 bits per heavy atom. The zero-order chi connectivity index (χ0) is 14.7. The van der Waals surface area contributed by atoms with Crippen molar-refractivity contribution in [2.24, 2.45) is 0 Å². The van der Waals surface area contributed by atoms with Gasteiger partial charge >= 0.3 is 0 Å². The van der Waals surface area contributed by atoms with E-state index in [9.17, 15) is 4.79 Å². The summed E-state index contributed by atoms with van der Waals surface area (Å²) >= 11 is 0. The minimum atomic E-state index is 0.249. The van der Waals surface area contributed by atoms with Crippen molar-refractivity contribution in [3.63, 3.8) is 0 Å². The minimum absolute atomic E-state index is 0.249. The van der Waals surface area contributed by atoms with Gasteiger partial charge in [-0.2, -0.15) is 0 Å². The van der Waals surface area contributed by atoms with Gasteiger partial charge in [0.15, 0.2) is 0 Å². The number of hydrogen-bond donors (Lipinski definition) is 1. The predicted octanol–water partition coefficient (Wildman–Crippen LogP) is 2.59. The van der Waals surface area contributed by atoms with Gasteiger partial charge in [-0.25, -0.2) is 0 Å². The largest absolute Gasteiger partial charge is 0.337 e. The molecule has 1 heterocycles. The number of carbonyl (C=O) groups excluding carboxylic acids is 1. The highest BCUT2D eigenvalue weighted by molar-refractivity contribution is 5.85. The average Bonchev–Trinajstić information content (AvgIpc) is 2.45. The Morgan fingerprint density at radius 1 is 1.19 bits per heavy atom. The molecule has 1 saturated heterocycles. The quantitative estimate of drug-likeness (QED) is 0.914. The summed E-state index contributed by atoms with van der Waals surface area (Å²) in [5, 5.41) is 5.68. The van der Waals surface area contributed by atoms with Crippen LogP contribution in [0.5, 0.6) is 0 Å². The molecule has 3 rings (SSSR count). The molecular formula is C18H22N2O. The molecular weight excluding hydrogens is 260 g/mol. The third-order valence-electron chi connectivity index (χ3n) is 4.15. The van der Waals surface area contributed by atoms with Crippen LogP contribution in [-0.2, 0) is 11.2 Å². The van der Waals surface area contributed by atoms with E-state index in [2.05, 4.69) is 42.6 Å². The summed E-state index contributed by atoms with van der Waals surface area (Å²) < 4.78 is 0. The highest BCUT2D eigenvalue weighted by Gasteiger charge is 2.27. The van der Waals surface area contributed by atoms with Crippen LogP contribution in [-0.4, -0.2) is 36.5 Å². The van der Waals surface area contributed by atoms with Crippen LogP contribution >= 0.6 is 0 Å². The molecule has 0 aliphatic carbocycles. The van der Waals surface area contributed by atoms with Crippen molar-refractivity contribution in [2.75, 3.05) is 19.6 Å². The SMILES string of the molecule is CCCN(C(=O)Cc1ccc2ccccc2c1)C1CNC1. The molecule has 3 nitrogen and oxygen atoms in total. The van der Waals surface area contributed by atoms with Crippen molar-refractivity contribution in [3.05, 3.63) is 48.0 Å². The number of rotatable bonds is 5. The monoisotopic (exact) mass is 282 g/mol. The van der Waals surface area contributed by atoms with E-state index in [1.54, 1.807) is 0 Å². The molecule has 1 aliphatic heterocycles. The minimum Gasteiger partial charge on any atom is -0.337 e. The first-order valence-corrected chi connectivity index (χ1v) is 7.76. The second kappa shape index (κ2) is 6.27. The van der Waals surface area contributed by atoms with Gasteiger partial charge in [0.25, 0.3) is 0 Å². The summed E-state index contributed by atoms with van der Waals surface area (Å²) in [6, 6.07) is 15.0. The standard InChI is InChI=1S/C18H22N2O/c1-2-9-20(17-12-19-13-17)18(21)11-14-7-8-15-5-3-4-6-16(15)10-14/h3-8,10,17,19H,2,9,11-13H2,1H3. The van der Waals surface area contributed by atoms with E-state index >= 15 is 0 Å². The highest BCUT2D eigenvalue weighted by Crippen LogP contribution is 2.17. The normalized spacial score (nSPS) is 14.9. The Kier molecular flexibility index (Phi) is 4.20. The molecule has 3 heteroatoms. The third-order valence-corrected chi connectivity index (χ3v) is 4.15. The first kappa shape index (κ1) is 14.1. The molecule has 2 aromatic rings. The molecule has 110 valence electrons. The van der Waals surface area contributed by atoms with Crippen LogP contribution in [0.4, 0.5) is 0 Å².